The number of carbonyl (C=O) groups is 4. The minimum atomic E-state index is -1.44. The van der Waals surface area contributed by atoms with Crippen LogP contribution in [0.2, 0.25) is 0 Å². The van der Waals surface area contributed by atoms with Gasteiger partial charge in [0.25, 0.3) is 0 Å². The topological polar surface area (TPSA) is 137 Å². The fourth-order valence-electron chi connectivity index (χ4n) is 3.15. The Balaban J connectivity index is 2.91. The Morgan fingerprint density at radius 3 is 2.07 bits per heavy atom. The molecule has 1 aliphatic rings. The van der Waals surface area contributed by atoms with E-state index in [9.17, 15) is 24.3 Å². The second kappa shape index (κ2) is 13.2. The van der Waals surface area contributed by atoms with Gasteiger partial charge in [0, 0.05) is 27.2 Å². The van der Waals surface area contributed by atoms with Crippen LogP contribution in [0.3, 0.4) is 0 Å². The van der Waals surface area contributed by atoms with Crippen molar-refractivity contribution in [2.24, 2.45) is 0 Å². The molecule has 0 radical (unpaired) electrons. The molecule has 1 aliphatic heterocycles. The van der Waals surface area contributed by atoms with Gasteiger partial charge in [-0.1, -0.05) is 32.6 Å². The molecule has 0 spiro atoms. The molecule has 1 rings (SSSR count). The lowest BCUT2D eigenvalue weighted by molar-refractivity contribution is -0.251. The van der Waals surface area contributed by atoms with Crippen molar-refractivity contribution in [1.29, 1.82) is 0 Å². The van der Waals surface area contributed by atoms with E-state index in [-0.39, 0.29) is 18.9 Å². The van der Waals surface area contributed by atoms with Crippen molar-refractivity contribution in [1.82, 2.24) is 5.32 Å². The van der Waals surface area contributed by atoms with Gasteiger partial charge in [-0.05, 0) is 6.42 Å². The van der Waals surface area contributed by atoms with Gasteiger partial charge in [0.05, 0.1) is 0 Å². The molecular formula is C20H33NO9. The van der Waals surface area contributed by atoms with Crippen LogP contribution in [0.5, 0.6) is 0 Å². The number of nitrogens with one attached hydrogen (secondary N) is 1. The van der Waals surface area contributed by atoms with Gasteiger partial charge in [0.2, 0.25) is 5.91 Å². The molecule has 0 aromatic carbocycles. The summed E-state index contributed by atoms with van der Waals surface area (Å²) in [5, 5.41) is 13.2. The van der Waals surface area contributed by atoms with Crippen molar-refractivity contribution in [2.45, 2.75) is 96.9 Å². The number of rotatable bonds is 11. The lowest BCUT2D eigenvalue weighted by atomic mass is 9.97. The van der Waals surface area contributed by atoms with Crippen LogP contribution >= 0.6 is 0 Å². The quantitative estimate of drug-likeness (QED) is 0.278. The number of ether oxygens (including phenoxy) is 4. The second-order valence-electron chi connectivity index (χ2n) is 7.27. The molecule has 0 aromatic heterocycles. The first-order chi connectivity index (χ1) is 14.1. The summed E-state index contributed by atoms with van der Waals surface area (Å²) in [5.41, 5.74) is 0. The summed E-state index contributed by atoms with van der Waals surface area (Å²) >= 11 is 0. The van der Waals surface area contributed by atoms with E-state index in [1.807, 2.05) is 0 Å². The van der Waals surface area contributed by atoms with Crippen LogP contribution in [-0.4, -0.2) is 66.2 Å². The summed E-state index contributed by atoms with van der Waals surface area (Å²) in [4.78, 5) is 46.6. The third-order valence-corrected chi connectivity index (χ3v) is 4.53. The minimum Gasteiger partial charge on any atom is -0.463 e. The smallest absolute Gasteiger partial charge is 0.303 e. The van der Waals surface area contributed by atoms with E-state index in [0.717, 1.165) is 39.5 Å². The highest BCUT2D eigenvalue weighted by molar-refractivity contribution is 5.76. The molecular weight excluding hydrogens is 398 g/mol. The summed E-state index contributed by atoms with van der Waals surface area (Å²) in [6, 6.07) is 0. The van der Waals surface area contributed by atoms with E-state index in [2.05, 4.69) is 12.2 Å². The Hall–Kier alpha value is -2.20. The van der Waals surface area contributed by atoms with Crippen LogP contribution < -0.4 is 5.32 Å². The zero-order valence-electron chi connectivity index (χ0n) is 18.0. The van der Waals surface area contributed by atoms with Gasteiger partial charge in [-0.2, -0.15) is 0 Å². The highest BCUT2D eigenvalue weighted by atomic mass is 16.6. The van der Waals surface area contributed by atoms with E-state index in [0.29, 0.717) is 6.42 Å². The standard InChI is InChI=1S/C20H33NO9/c1-5-6-7-8-9-10-16(25)21-20-19(29-14(4)24)18(28-13(3)23)17(26)15(30-20)11-27-12(2)22/h15,17-20,26H,5-11H2,1-4H3,(H,21,25)/t15?,17-,18?,19?,20+/m0/s1. The average molecular weight is 431 g/mol. The molecule has 10 heteroatoms. The molecule has 30 heavy (non-hydrogen) atoms. The summed E-state index contributed by atoms with van der Waals surface area (Å²) in [6.45, 7) is 5.25. The van der Waals surface area contributed by atoms with Gasteiger partial charge in [-0.25, -0.2) is 0 Å². The second-order valence-corrected chi connectivity index (χ2v) is 7.27. The lowest BCUT2D eigenvalue weighted by Crippen LogP contribution is -2.65. The van der Waals surface area contributed by atoms with Crippen LogP contribution in [0.25, 0.3) is 0 Å². The number of unbranched alkanes of at least 4 members (excludes halogenated alkanes) is 4. The lowest BCUT2D eigenvalue weighted by Gasteiger charge is -2.43. The zero-order chi connectivity index (χ0) is 22.7. The number of hydrogen-bond donors (Lipinski definition) is 2. The highest BCUT2D eigenvalue weighted by Gasteiger charge is 2.50. The number of esters is 3. The third-order valence-electron chi connectivity index (χ3n) is 4.53. The maximum Gasteiger partial charge on any atom is 0.303 e. The first-order valence-corrected chi connectivity index (χ1v) is 10.3. The molecule has 1 amide bonds. The van der Waals surface area contributed by atoms with Gasteiger partial charge < -0.3 is 29.4 Å². The van der Waals surface area contributed by atoms with Gasteiger partial charge >= 0.3 is 17.9 Å². The van der Waals surface area contributed by atoms with Crippen molar-refractivity contribution < 1.29 is 43.2 Å². The fourth-order valence-corrected chi connectivity index (χ4v) is 3.15. The zero-order valence-corrected chi connectivity index (χ0v) is 18.0. The number of hydrogen-bond acceptors (Lipinski definition) is 9. The number of amides is 1. The molecule has 0 saturated carbocycles. The van der Waals surface area contributed by atoms with Crippen LogP contribution in [0.15, 0.2) is 0 Å². The van der Waals surface area contributed by atoms with Crippen molar-refractivity contribution in [3.8, 4) is 0 Å². The monoisotopic (exact) mass is 431 g/mol. The predicted molar refractivity (Wildman–Crippen MR) is 104 cm³/mol. The van der Waals surface area contributed by atoms with Gasteiger partial charge in [-0.3, -0.25) is 19.2 Å². The molecule has 1 saturated heterocycles. The molecule has 0 aliphatic carbocycles. The summed E-state index contributed by atoms with van der Waals surface area (Å²) in [7, 11) is 0. The van der Waals surface area contributed by atoms with E-state index < -0.39 is 48.6 Å². The van der Waals surface area contributed by atoms with E-state index in [1.54, 1.807) is 0 Å². The van der Waals surface area contributed by atoms with Crippen molar-refractivity contribution in [3.63, 3.8) is 0 Å². The first kappa shape index (κ1) is 25.8. The molecule has 0 aromatic rings. The van der Waals surface area contributed by atoms with Crippen LogP contribution in [-0.2, 0) is 38.1 Å². The molecule has 1 fully saturated rings. The summed E-state index contributed by atoms with van der Waals surface area (Å²) in [6.07, 6.45) is -1.25. The molecule has 1 heterocycles. The van der Waals surface area contributed by atoms with Crippen LogP contribution in [0, 0.1) is 0 Å². The van der Waals surface area contributed by atoms with Gasteiger partial charge in [0.15, 0.2) is 18.4 Å². The number of carbonyl (C=O) groups excluding carboxylic acids is 4. The van der Waals surface area contributed by atoms with Gasteiger partial charge in [-0.15, -0.1) is 0 Å². The Kier molecular flexibility index (Phi) is 11.3. The fraction of sp³-hybridized carbons (Fsp3) is 0.800. The van der Waals surface area contributed by atoms with Crippen LogP contribution in [0.1, 0.15) is 66.2 Å². The highest BCUT2D eigenvalue weighted by Crippen LogP contribution is 2.26. The Bertz CT molecular complexity index is 595. The van der Waals surface area contributed by atoms with E-state index in [1.165, 1.54) is 6.92 Å². The van der Waals surface area contributed by atoms with E-state index in [4.69, 9.17) is 18.9 Å². The SMILES string of the molecule is CCCCCCCC(=O)N[C@@H]1OC(COC(C)=O)[C@H](O)C(OC(C)=O)C1OC(C)=O. The Labute approximate surface area is 176 Å². The maximum absolute atomic E-state index is 12.4. The Morgan fingerprint density at radius 2 is 1.50 bits per heavy atom. The molecule has 3 unspecified atom stereocenters. The summed E-state index contributed by atoms with van der Waals surface area (Å²) in [5.74, 6) is -2.35. The van der Waals surface area contributed by atoms with Crippen LogP contribution in [0.4, 0.5) is 0 Å². The molecule has 2 N–H and O–H groups in total. The molecule has 0 bridgehead atoms. The first-order valence-electron chi connectivity index (χ1n) is 10.3. The van der Waals surface area contributed by atoms with Crippen molar-refractivity contribution in [3.05, 3.63) is 0 Å². The maximum atomic E-state index is 12.4. The largest absolute Gasteiger partial charge is 0.463 e. The van der Waals surface area contributed by atoms with Crippen molar-refractivity contribution in [2.75, 3.05) is 6.61 Å². The summed E-state index contributed by atoms with van der Waals surface area (Å²) < 4.78 is 20.9. The predicted octanol–water partition coefficient (Wildman–Crippen LogP) is 0.975. The van der Waals surface area contributed by atoms with E-state index >= 15 is 0 Å². The minimum absolute atomic E-state index is 0.242. The average Bonchev–Trinajstić information content (AvgIpc) is 2.64. The normalized spacial score (nSPS) is 25.8. The number of aliphatic hydroxyl groups excluding tert-OH is 1. The molecule has 172 valence electrons. The molecule has 10 nitrogen and oxygen atoms in total. The van der Waals surface area contributed by atoms with Gasteiger partial charge in [0.1, 0.15) is 18.8 Å². The molecule has 5 atom stereocenters. The third kappa shape index (κ3) is 9.08. The number of aliphatic hydroxyl groups is 1. The van der Waals surface area contributed by atoms with Crippen molar-refractivity contribution >= 4 is 23.8 Å². The Morgan fingerprint density at radius 1 is 0.900 bits per heavy atom.